The van der Waals surface area contributed by atoms with Gasteiger partial charge in [0.2, 0.25) is 5.91 Å². The van der Waals surface area contributed by atoms with Gasteiger partial charge in [0.25, 0.3) is 0 Å². The van der Waals surface area contributed by atoms with Crippen LogP contribution in [0, 0.1) is 0 Å². The second-order valence-electron chi connectivity index (χ2n) is 3.18. The second kappa shape index (κ2) is 4.75. The molecule has 1 heterocycles. The Morgan fingerprint density at radius 3 is 3.00 bits per heavy atom. The summed E-state index contributed by atoms with van der Waals surface area (Å²) in [4.78, 5) is 13.0. The molecule has 0 aromatic heterocycles. The van der Waals surface area contributed by atoms with Crippen molar-refractivity contribution in [1.82, 2.24) is 4.90 Å². The number of amides is 1. The summed E-state index contributed by atoms with van der Waals surface area (Å²) in [5, 5.41) is 0.688. The molecule has 0 saturated carbocycles. The van der Waals surface area contributed by atoms with Crippen LogP contribution in [-0.4, -0.2) is 34.9 Å². The van der Waals surface area contributed by atoms with E-state index in [1.54, 1.807) is 6.92 Å². The van der Waals surface area contributed by atoms with Crippen LogP contribution < -0.4 is 0 Å². The molecule has 3 heteroatoms. The zero-order valence-electron chi connectivity index (χ0n) is 7.88. The second-order valence-corrected chi connectivity index (χ2v) is 4.76. The van der Waals surface area contributed by atoms with Crippen molar-refractivity contribution in [3.05, 3.63) is 0 Å². The van der Waals surface area contributed by atoms with E-state index in [1.807, 2.05) is 16.7 Å². The summed E-state index contributed by atoms with van der Waals surface area (Å²) in [5.41, 5.74) is 0. The largest absolute Gasteiger partial charge is 0.342 e. The maximum Gasteiger partial charge on any atom is 0.219 e. The highest BCUT2D eigenvalue weighted by atomic mass is 32.2. The van der Waals surface area contributed by atoms with E-state index in [2.05, 4.69) is 6.92 Å². The lowest BCUT2D eigenvalue weighted by atomic mass is 10.1. The zero-order valence-corrected chi connectivity index (χ0v) is 8.69. The van der Waals surface area contributed by atoms with Gasteiger partial charge in [0.05, 0.1) is 0 Å². The highest BCUT2D eigenvalue weighted by Crippen LogP contribution is 2.21. The SMILES string of the molecule is CCSC1CCCN(C(C)=O)C1. The van der Waals surface area contributed by atoms with Gasteiger partial charge in [-0.3, -0.25) is 4.79 Å². The van der Waals surface area contributed by atoms with Crippen LogP contribution in [0.25, 0.3) is 0 Å². The van der Waals surface area contributed by atoms with Gasteiger partial charge in [0.15, 0.2) is 0 Å². The molecule has 1 atom stereocenters. The summed E-state index contributed by atoms with van der Waals surface area (Å²) >= 11 is 1.98. The van der Waals surface area contributed by atoms with Crippen molar-refractivity contribution in [2.45, 2.75) is 31.9 Å². The average molecular weight is 187 g/mol. The maximum atomic E-state index is 11.1. The van der Waals surface area contributed by atoms with Crippen molar-refractivity contribution in [1.29, 1.82) is 0 Å². The van der Waals surface area contributed by atoms with E-state index in [0.717, 1.165) is 18.8 Å². The molecule has 0 aliphatic carbocycles. The number of carbonyl (C=O) groups is 1. The van der Waals surface area contributed by atoms with Crippen molar-refractivity contribution in [2.75, 3.05) is 18.8 Å². The number of rotatable bonds is 2. The number of carbonyl (C=O) groups excluding carboxylic acids is 1. The Morgan fingerprint density at radius 1 is 1.67 bits per heavy atom. The third kappa shape index (κ3) is 2.70. The minimum atomic E-state index is 0.233. The molecule has 2 nitrogen and oxygen atoms in total. The van der Waals surface area contributed by atoms with Crippen molar-refractivity contribution < 1.29 is 4.79 Å². The first kappa shape index (κ1) is 9.90. The van der Waals surface area contributed by atoms with Crippen molar-refractivity contribution >= 4 is 17.7 Å². The summed E-state index contributed by atoms with van der Waals surface area (Å²) in [7, 11) is 0. The van der Waals surface area contributed by atoms with E-state index in [1.165, 1.54) is 12.8 Å². The van der Waals surface area contributed by atoms with Gasteiger partial charge in [0, 0.05) is 25.3 Å². The number of thioether (sulfide) groups is 1. The van der Waals surface area contributed by atoms with Crippen LogP contribution in [0.2, 0.25) is 0 Å². The number of hydrogen-bond donors (Lipinski definition) is 0. The predicted molar refractivity (Wildman–Crippen MR) is 53.4 cm³/mol. The molecule has 1 saturated heterocycles. The Balaban J connectivity index is 2.35. The molecule has 1 rings (SSSR count). The Hall–Kier alpha value is -0.180. The monoisotopic (exact) mass is 187 g/mol. The van der Waals surface area contributed by atoms with Crippen LogP contribution in [0.3, 0.4) is 0 Å². The minimum Gasteiger partial charge on any atom is -0.342 e. The fourth-order valence-corrected chi connectivity index (χ4v) is 2.69. The van der Waals surface area contributed by atoms with Crippen LogP contribution in [0.1, 0.15) is 26.7 Å². The third-order valence-corrected chi connectivity index (χ3v) is 3.42. The molecule has 0 aromatic rings. The lowest BCUT2D eigenvalue weighted by Crippen LogP contribution is -2.39. The molecule has 1 aliphatic rings. The van der Waals surface area contributed by atoms with Gasteiger partial charge in [-0.15, -0.1) is 0 Å². The van der Waals surface area contributed by atoms with Crippen LogP contribution in [0.15, 0.2) is 0 Å². The first-order chi connectivity index (χ1) is 5.74. The van der Waals surface area contributed by atoms with Gasteiger partial charge in [-0.05, 0) is 18.6 Å². The van der Waals surface area contributed by atoms with Gasteiger partial charge in [-0.1, -0.05) is 6.92 Å². The Morgan fingerprint density at radius 2 is 2.42 bits per heavy atom. The molecule has 12 heavy (non-hydrogen) atoms. The normalized spacial score (nSPS) is 24.2. The quantitative estimate of drug-likeness (QED) is 0.656. The lowest BCUT2D eigenvalue weighted by molar-refractivity contribution is -0.129. The molecular formula is C9H17NOS. The molecule has 0 N–H and O–H groups in total. The summed E-state index contributed by atoms with van der Waals surface area (Å²) < 4.78 is 0. The third-order valence-electron chi connectivity index (χ3n) is 2.23. The van der Waals surface area contributed by atoms with E-state index < -0.39 is 0 Å². The van der Waals surface area contributed by atoms with Crippen LogP contribution in [-0.2, 0) is 4.79 Å². The Labute approximate surface area is 78.7 Å². The van der Waals surface area contributed by atoms with Gasteiger partial charge in [-0.2, -0.15) is 11.8 Å². The number of piperidine rings is 1. The summed E-state index contributed by atoms with van der Waals surface area (Å²) in [6.07, 6.45) is 2.46. The molecule has 1 aliphatic heterocycles. The van der Waals surface area contributed by atoms with E-state index in [9.17, 15) is 4.79 Å². The first-order valence-electron chi connectivity index (χ1n) is 4.61. The topological polar surface area (TPSA) is 20.3 Å². The fraction of sp³-hybridized carbons (Fsp3) is 0.889. The molecule has 1 unspecified atom stereocenters. The summed E-state index contributed by atoms with van der Waals surface area (Å²) in [5.74, 6) is 1.40. The van der Waals surface area contributed by atoms with Crippen LogP contribution in [0.4, 0.5) is 0 Å². The van der Waals surface area contributed by atoms with Crippen LogP contribution >= 0.6 is 11.8 Å². The van der Waals surface area contributed by atoms with Gasteiger partial charge < -0.3 is 4.90 Å². The van der Waals surface area contributed by atoms with Crippen molar-refractivity contribution in [3.63, 3.8) is 0 Å². The summed E-state index contributed by atoms with van der Waals surface area (Å²) in [6.45, 7) is 5.78. The number of hydrogen-bond acceptors (Lipinski definition) is 2. The molecule has 70 valence electrons. The van der Waals surface area contributed by atoms with E-state index in [-0.39, 0.29) is 5.91 Å². The van der Waals surface area contributed by atoms with Gasteiger partial charge in [-0.25, -0.2) is 0 Å². The maximum absolute atomic E-state index is 11.1. The zero-order chi connectivity index (χ0) is 8.97. The first-order valence-corrected chi connectivity index (χ1v) is 5.66. The van der Waals surface area contributed by atoms with Gasteiger partial charge in [0.1, 0.15) is 0 Å². The fourth-order valence-electron chi connectivity index (χ4n) is 1.60. The molecule has 0 radical (unpaired) electrons. The highest BCUT2D eigenvalue weighted by Gasteiger charge is 2.20. The molecular weight excluding hydrogens is 170 g/mol. The van der Waals surface area contributed by atoms with E-state index in [4.69, 9.17) is 0 Å². The molecule has 1 amide bonds. The molecule has 0 bridgehead atoms. The van der Waals surface area contributed by atoms with Gasteiger partial charge >= 0.3 is 0 Å². The smallest absolute Gasteiger partial charge is 0.219 e. The molecule has 1 fully saturated rings. The Kier molecular flexibility index (Phi) is 3.92. The van der Waals surface area contributed by atoms with Crippen molar-refractivity contribution in [2.24, 2.45) is 0 Å². The standard InChI is InChI=1S/C9H17NOS/c1-3-12-9-5-4-6-10(7-9)8(2)11/h9H,3-7H2,1-2H3. The Bertz CT molecular complexity index is 159. The number of likely N-dealkylation sites (tertiary alicyclic amines) is 1. The summed E-state index contributed by atoms with van der Waals surface area (Å²) in [6, 6.07) is 0. The highest BCUT2D eigenvalue weighted by molar-refractivity contribution is 7.99. The average Bonchev–Trinajstić information content (AvgIpc) is 2.05. The van der Waals surface area contributed by atoms with E-state index in [0.29, 0.717) is 5.25 Å². The lowest BCUT2D eigenvalue weighted by Gasteiger charge is -2.31. The van der Waals surface area contributed by atoms with Crippen LogP contribution in [0.5, 0.6) is 0 Å². The van der Waals surface area contributed by atoms with E-state index >= 15 is 0 Å². The minimum absolute atomic E-state index is 0.233. The molecule has 0 spiro atoms. The molecule has 0 aromatic carbocycles. The predicted octanol–water partition coefficient (Wildman–Crippen LogP) is 1.75. The van der Waals surface area contributed by atoms with Crippen molar-refractivity contribution in [3.8, 4) is 0 Å². The number of nitrogens with zero attached hydrogens (tertiary/aromatic N) is 1.